The van der Waals surface area contributed by atoms with Crippen LogP contribution in [0.25, 0.3) is 0 Å². The van der Waals surface area contributed by atoms with Crippen molar-refractivity contribution in [2.24, 2.45) is 0 Å². The molecule has 0 unspecified atom stereocenters. The molecule has 1 N–H and O–H groups in total. The third kappa shape index (κ3) is 3.96. The van der Waals surface area contributed by atoms with E-state index in [1.165, 1.54) is 7.11 Å². The summed E-state index contributed by atoms with van der Waals surface area (Å²) in [6, 6.07) is 11.0. The van der Waals surface area contributed by atoms with Crippen LogP contribution in [0.4, 0.5) is 10.6 Å². The molecule has 1 heterocycles. The lowest BCUT2D eigenvalue weighted by Gasteiger charge is -2.08. The van der Waals surface area contributed by atoms with Crippen molar-refractivity contribution >= 4 is 27.8 Å². The fourth-order valence-electron chi connectivity index (χ4n) is 1.51. The summed E-state index contributed by atoms with van der Waals surface area (Å²) in [5.74, 6) is 0.946. The first-order valence-electron chi connectivity index (χ1n) is 5.86. The number of hydrogen-bond donors (Lipinski definition) is 1. The van der Waals surface area contributed by atoms with Gasteiger partial charge in [-0.25, -0.2) is 9.78 Å². The predicted molar refractivity (Wildman–Crippen MR) is 78.7 cm³/mol. The number of hydrogen-bond acceptors (Lipinski definition) is 4. The fraction of sp³-hybridized carbons (Fsp3) is 0.143. The van der Waals surface area contributed by atoms with E-state index in [0.717, 1.165) is 5.56 Å². The summed E-state index contributed by atoms with van der Waals surface area (Å²) < 4.78 is 10.9. The number of methoxy groups -OCH3 is 1. The summed E-state index contributed by atoms with van der Waals surface area (Å²) in [5.41, 5.74) is 0.920. The zero-order valence-electron chi connectivity index (χ0n) is 10.8. The second kappa shape index (κ2) is 6.91. The molecule has 0 saturated heterocycles. The van der Waals surface area contributed by atoms with Crippen LogP contribution in [0.2, 0.25) is 0 Å². The van der Waals surface area contributed by atoms with Crippen LogP contribution in [0.15, 0.2) is 47.1 Å². The normalized spacial score (nSPS) is 9.90. The molecule has 6 heteroatoms. The van der Waals surface area contributed by atoms with Crippen LogP contribution in [0.5, 0.6) is 5.75 Å². The number of carbonyl (C=O) groups excluding carboxylic acids is 1. The van der Waals surface area contributed by atoms with Crippen molar-refractivity contribution in [1.82, 2.24) is 4.98 Å². The summed E-state index contributed by atoms with van der Waals surface area (Å²) in [4.78, 5) is 15.7. The van der Waals surface area contributed by atoms with Crippen LogP contribution < -0.4 is 10.1 Å². The number of anilines is 1. The number of halogens is 1. The number of amides is 1. The average Bonchev–Trinajstić information content (AvgIpc) is 2.48. The molecule has 0 fully saturated rings. The van der Waals surface area contributed by atoms with Crippen LogP contribution in [0.1, 0.15) is 5.56 Å². The Morgan fingerprint density at radius 3 is 2.80 bits per heavy atom. The van der Waals surface area contributed by atoms with E-state index in [4.69, 9.17) is 9.47 Å². The van der Waals surface area contributed by atoms with Crippen molar-refractivity contribution in [1.29, 1.82) is 0 Å². The lowest BCUT2D eigenvalue weighted by Crippen LogP contribution is -2.14. The summed E-state index contributed by atoms with van der Waals surface area (Å²) in [6.45, 7) is 0.209. The number of ether oxygens (including phenoxy) is 2. The maximum atomic E-state index is 11.6. The fourth-order valence-corrected chi connectivity index (χ4v) is 1.89. The summed E-state index contributed by atoms with van der Waals surface area (Å²) >= 11 is 3.29. The Morgan fingerprint density at radius 2 is 2.10 bits per heavy atom. The number of nitrogens with zero attached hydrogens (tertiary/aromatic N) is 1. The first-order valence-corrected chi connectivity index (χ1v) is 6.65. The topological polar surface area (TPSA) is 60.5 Å². The van der Waals surface area contributed by atoms with Gasteiger partial charge in [-0.15, -0.1) is 0 Å². The highest BCUT2D eigenvalue weighted by Crippen LogP contribution is 2.25. The van der Waals surface area contributed by atoms with Gasteiger partial charge in [-0.2, -0.15) is 0 Å². The molecule has 2 rings (SSSR count). The lowest BCUT2D eigenvalue weighted by molar-refractivity contribution is 0.155. The minimum absolute atomic E-state index is 0.209. The Balaban J connectivity index is 1.91. The zero-order chi connectivity index (χ0) is 14.4. The highest BCUT2D eigenvalue weighted by Gasteiger charge is 2.07. The van der Waals surface area contributed by atoms with Crippen LogP contribution in [0.3, 0.4) is 0 Å². The van der Waals surface area contributed by atoms with E-state index in [1.54, 1.807) is 12.3 Å². The van der Waals surface area contributed by atoms with Gasteiger partial charge in [0.1, 0.15) is 18.2 Å². The van der Waals surface area contributed by atoms with E-state index < -0.39 is 6.09 Å². The molecular weight excluding hydrogens is 324 g/mol. The van der Waals surface area contributed by atoms with Gasteiger partial charge < -0.3 is 9.47 Å². The van der Waals surface area contributed by atoms with Gasteiger partial charge >= 0.3 is 6.09 Å². The number of aromatic nitrogens is 1. The van der Waals surface area contributed by atoms with E-state index >= 15 is 0 Å². The molecule has 0 radical (unpaired) electrons. The van der Waals surface area contributed by atoms with Crippen LogP contribution >= 0.6 is 15.9 Å². The van der Waals surface area contributed by atoms with Crippen LogP contribution in [-0.2, 0) is 11.3 Å². The molecule has 0 aliphatic rings. The Bertz CT molecular complexity index is 590. The van der Waals surface area contributed by atoms with Gasteiger partial charge in [0.2, 0.25) is 0 Å². The maximum absolute atomic E-state index is 11.6. The zero-order valence-corrected chi connectivity index (χ0v) is 12.4. The molecule has 0 spiro atoms. The lowest BCUT2D eigenvalue weighted by atomic mass is 10.2. The van der Waals surface area contributed by atoms with Gasteiger partial charge in [-0.3, -0.25) is 5.32 Å². The monoisotopic (exact) mass is 336 g/mol. The molecule has 20 heavy (non-hydrogen) atoms. The third-order valence-corrected chi connectivity index (χ3v) is 3.08. The van der Waals surface area contributed by atoms with Crippen molar-refractivity contribution < 1.29 is 14.3 Å². The number of benzene rings is 1. The highest BCUT2D eigenvalue weighted by atomic mass is 79.9. The van der Waals surface area contributed by atoms with Crippen LogP contribution in [-0.4, -0.2) is 18.2 Å². The number of carbonyl (C=O) groups is 1. The van der Waals surface area contributed by atoms with E-state index in [9.17, 15) is 4.79 Å². The molecule has 0 atom stereocenters. The van der Waals surface area contributed by atoms with Gasteiger partial charge in [0.05, 0.1) is 11.6 Å². The van der Waals surface area contributed by atoms with Crippen molar-refractivity contribution in [3.63, 3.8) is 0 Å². The Labute approximate surface area is 125 Å². The van der Waals surface area contributed by atoms with Gasteiger partial charge in [-0.05, 0) is 21.5 Å². The van der Waals surface area contributed by atoms with E-state index in [0.29, 0.717) is 16.0 Å². The van der Waals surface area contributed by atoms with Crippen molar-refractivity contribution in [2.75, 3.05) is 12.4 Å². The number of nitrogens with one attached hydrogen (secondary N) is 1. The second-order valence-corrected chi connectivity index (χ2v) is 4.75. The molecule has 5 nitrogen and oxygen atoms in total. The Kier molecular flexibility index (Phi) is 4.95. The molecule has 1 aromatic carbocycles. The van der Waals surface area contributed by atoms with Gasteiger partial charge in [0.25, 0.3) is 0 Å². The number of rotatable bonds is 4. The molecular formula is C14H13BrN2O3. The largest absolute Gasteiger partial charge is 0.495 e. The summed E-state index contributed by atoms with van der Waals surface area (Å²) in [5, 5.41) is 2.54. The van der Waals surface area contributed by atoms with Gasteiger partial charge in [-0.1, -0.05) is 30.3 Å². The van der Waals surface area contributed by atoms with Crippen LogP contribution in [0, 0.1) is 0 Å². The standard InChI is InChI=1S/C14H13BrN2O3/c1-19-12-7-13(16-8-11(12)15)17-14(18)20-9-10-5-3-2-4-6-10/h2-8H,9H2,1H3,(H,16,17,18). The minimum atomic E-state index is -0.564. The molecule has 0 bridgehead atoms. The molecule has 104 valence electrons. The van der Waals surface area contributed by atoms with Crippen molar-refractivity contribution in [2.45, 2.75) is 6.61 Å². The quantitative estimate of drug-likeness (QED) is 0.926. The second-order valence-electron chi connectivity index (χ2n) is 3.89. The molecule has 0 aliphatic heterocycles. The summed E-state index contributed by atoms with van der Waals surface area (Å²) in [6.07, 6.45) is 0.983. The Hall–Kier alpha value is -2.08. The average molecular weight is 337 g/mol. The van der Waals surface area contributed by atoms with Crippen molar-refractivity contribution in [3.05, 3.63) is 52.6 Å². The van der Waals surface area contributed by atoms with Crippen molar-refractivity contribution in [3.8, 4) is 5.75 Å². The summed E-state index contributed by atoms with van der Waals surface area (Å²) in [7, 11) is 1.54. The SMILES string of the molecule is COc1cc(NC(=O)OCc2ccccc2)ncc1Br. The first-order chi connectivity index (χ1) is 9.69. The molecule has 0 saturated carbocycles. The molecule has 0 aliphatic carbocycles. The minimum Gasteiger partial charge on any atom is -0.495 e. The Morgan fingerprint density at radius 1 is 1.35 bits per heavy atom. The van der Waals surface area contributed by atoms with Gasteiger partial charge in [0.15, 0.2) is 0 Å². The number of pyridine rings is 1. The molecule has 2 aromatic rings. The maximum Gasteiger partial charge on any atom is 0.413 e. The predicted octanol–water partition coefficient (Wildman–Crippen LogP) is 3.60. The first kappa shape index (κ1) is 14.3. The highest BCUT2D eigenvalue weighted by molar-refractivity contribution is 9.10. The third-order valence-electron chi connectivity index (χ3n) is 2.48. The molecule has 1 aromatic heterocycles. The van der Waals surface area contributed by atoms with E-state index in [-0.39, 0.29) is 6.61 Å². The van der Waals surface area contributed by atoms with E-state index in [2.05, 4.69) is 26.2 Å². The smallest absolute Gasteiger partial charge is 0.413 e. The van der Waals surface area contributed by atoms with E-state index in [1.807, 2.05) is 30.3 Å². The van der Waals surface area contributed by atoms with Gasteiger partial charge in [0, 0.05) is 12.3 Å². The molecule has 1 amide bonds.